The lowest BCUT2D eigenvalue weighted by Crippen LogP contribution is -2.46. The van der Waals surface area contributed by atoms with Crippen LogP contribution >= 0.6 is 0 Å². The number of ether oxygens (including phenoxy) is 1. The van der Waals surface area contributed by atoms with Gasteiger partial charge in [0.2, 0.25) is 0 Å². The van der Waals surface area contributed by atoms with Crippen LogP contribution in [-0.2, 0) is 16.0 Å². The van der Waals surface area contributed by atoms with Gasteiger partial charge in [0.25, 0.3) is 0 Å². The average Bonchev–Trinajstić information content (AvgIpc) is 2.81. The maximum absolute atomic E-state index is 12.0. The van der Waals surface area contributed by atoms with Crippen LogP contribution in [0.15, 0.2) is 24.3 Å². The molecule has 5 heteroatoms. The molecule has 0 aromatic heterocycles. The van der Waals surface area contributed by atoms with Crippen molar-refractivity contribution < 1.29 is 14.3 Å². The number of nitrogens with one attached hydrogen (secondary N) is 1. The summed E-state index contributed by atoms with van der Waals surface area (Å²) in [6, 6.07) is 6.86. The van der Waals surface area contributed by atoms with Gasteiger partial charge < -0.3 is 10.1 Å². The molecule has 1 aromatic carbocycles. The maximum Gasteiger partial charge on any atom is 0.328 e. The minimum Gasteiger partial charge on any atom is -0.467 e. The van der Waals surface area contributed by atoms with Gasteiger partial charge in [0.05, 0.1) is 7.11 Å². The minimum absolute atomic E-state index is 0.266. The van der Waals surface area contributed by atoms with Crippen molar-refractivity contribution in [2.75, 3.05) is 18.6 Å². The molecular formula is C13H16N2O3. The lowest BCUT2D eigenvalue weighted by atomic mass is 10.2. The Morgan fingerprint density at radius 2 is 2.11 bits per heavy atom. The van der Waals surface area contributed by atoms with E-state index in [-0.39, 0.29) is 6.03 Å². The molecule has 0 fully saturated rings. The van der Waals surface area contributed by atoms with Crippen LogP contribution in [0.4, 0.5) is 10.5 Å². The third-order valence-corrected chi connectivity index (χ3v) is 3.03. The van der Waals surface area contributed by atoms with E-state index in [1.165, 1.54) is 7.11 Å². The Labute approximate surface area is 106 Å². The van der Waals surface area contributed by atoms with Crippen molar-refractivity contribution in [3.05, 3.63) is 29.8 Å². The van der Waals surface area contributed by atoms with E-state index in [4.69, 9.17) is 0 Å². The fraction of sp³-hybridized carbons (Fsp3) is 0.385. The normalized spacial score (nSPS) is 14.9. The molecular weight excluding hydrogens is 232 g/mol. The molecule has 5 nitrogen and oxygen atoms in total. The highest BCUT2D eigenvalue weighted by Gasteiger charge is 2.26. The van der Waals surface area contributed by atoms with Crippen LogP contribution in [0.2, 0.25) is 0 Å². The van der Waals surface area contributed by atoms with Crippen molar-refractivity contribution in [3.63, 3.8) is 0 Å². The number of nitrogens with zero attached hydrogens (tertiary/aromatic N) is 1. The smallest absolute Gasteiger partial charge is 0.328 e. The van der Waals surface area contributed by atoms with Crippen LogP contribution in [-0.4, -0.2) is 31.7 Å². The van der Waals surface area contributed by atoms with Crippen molar-refractivity contribution in [1.82, 2.24) is 5.32 Å². The summed E-state index contributed by atoms with van der Waals surface area (Å²) in [5, 5.41) is 2.63. The summed E-state index contributed by atoms with van der Waals surface area (Å²) in [4.78, 5) is 24.9. The molecule has 0 spiro atoms. The van der Waals surface area contributed by atoms with Gasteiger partial charge in [-0.2, -0.15) is 0 Å². The lowest BCUT2D eigenvalue weighted by molar-refractivity contribution is -0.142. The van der Waals surface area contributed by atoms with Gasteiger partial charge in [-0.25, -0.2) is 9.59 Å². The Morgan fingerprint density at radius 3 is 2.83 bits per heavy atom. The number of rotatable bonds is 2. The summed E-state index contributed by atoms with van der Waals surface area (Å²) < 4.78 is 4.57. The number of carbonyl (C=O) groups is 2. The van der Waals surface area contributed by atoms with E-state index in [9.17, 15) is 9.59 Å². The predicted octanol–water partition coefficient (Wildman–Crippen LogP) is 1.32. The van der Waals surface area contributed by atoms with Gasteiger partial charge in [-0.3, -0.25) is 4.90 Å². The number of anilines is 1. The molecule has 0 aliphatic carbocycles. The average molecular weight is 248 g/mol. The first kappa shape index (κ1) is 12.4. The zero-order valence-corrected chi connectivity index (χ0v) is 10.5. The molecule has 2 amide bonds. The monoisotopic (exact) mass is 248 g/mol. The fourth-order valence-corrected chi connectivity index (χ4v) is 2.05. The van der Waals surface area contributed by atoms with Crippen molar-refractivity contribution in [2.24, 2.45) is 0 Å². The molecule has 1 aromatic rings. The predicted molar refractivity (Wildman–Crippen MR) is 67.5 cm³/mol. The molecule has 1 aliphatic heterocycles. The highest BCUT2D eigenvalue weighted by Crippen LogP contribution is 2.27. The molecule has 1 heterocycles. The van der Waals surface area contributed by atoms with Gasteiger partial charge in [-0.1, -0.05) is 18.2 Å². The van der Waals surface area contributed by atoms with Crippen LogP contribution in [0.1, 0.15) is 12.5 Å². The number of hydrogen-bond acceptors (Lipinski definition) is 3. The molecule has 0 saturated heterocycles. The first-order chi connectivity index (χ1) is 8.63. The molecule has 0 radical (unpaired) electrons. The van der Waals surface area contributed by atoms with Crippen LogP contribution in [0, 0.1) is 0 Å². The first-order valence-corrected chi connectivity index (χ1v) is 5.87. The van der Waals surface area contributed by atoms with E-state index in [0.717, 1.165) is 17.7 Å². The second kappa shape index (κ2) is 5.08. The van der Waals surface area contributed by atoms with Crippen molar-refractivity contribution in [3.8, 4) is 0 Å². The second-order valence-corrected chi connectivity index (χ2v) is 4.22. The number of para-hydroxylation sites is 1. The number of amides is 2. The van der Waals surface area contributed by atoms with Gasteiger partial charge in [0.1, 0.15) is 6.04 Å². The fourth-order valence-electron chi connectivity index (χ4n) is 2.05. The van der Waals surface area contributed by atoms with E-state index in [0.29, 0.717) is 6.54 Å². The van der Waals surface area contributed by atoms with Crippen molar-refractivity contribution >= 4 is 17.7 Å². The van der Waals surface area contributed by atoms with Crippen molar-refractivity contribution in [2.45, 2.75) is 19.4 Å². The largest absolute Gasteiger partial charge is 0.467 e. The van der Waals surface area contributed by atoms with Crippen LogP contribution in [0.3, 0.4) is 0 Å². The Hall–Kier alpha value is -2.04. The quantitative estimate of drug-likeness (QED) is 0.803. The highest BCUT2D eigenvalue weighted by molar-refractivity contribution is 5.96. The highest BCUT2D eigenvalue weighted by atomic mass is 16.5. The molecule has 1 atom stereocenters. The van der Waals surface area contributed by atoms with Crippen LogP contribution < -0.4 is 10.2 Å². The number of benzene rings is 1. The van der Waals surface area contributed by atoms with Gasteiger partial charge >= 0.3 is 12.0 Å². The molecule has 18 heavy (non-hydrogen) atoms. The van der Waals surface area contributed by atoms with Crippen LogP contribution in [0.5, 0.6) is 0 Å². The van der Waals surface area contributed by atoms with E-state index < -0.39 is 12.0 Å². The minimum atomic E-state index is -0.643. The Balaban J connectivity index is 2.06. The number of esters is 1. The van der Waals surface area contributed by atoms with E-state index in [1.54, 1.807) is 11.8 Å². The summed E-state index contributed by atoms with van der Waals surface area (Å²) in [7, 11) is 1.30. The van der Waals surface area contributed by atoms with E-state index in [2.05, 4.69) is 10.1 Å². The summed E-state index contributed by atoms with van der Waals surface area (Å²) >= 11 is 0. The summed E-state index contributed by atoms with van der Waals surface area (Å²) in [6.45, 7) is 2.24. The Kier molecular flexibility index (Phi) is 3.50. The summed E-state index contributed by atoms with van der Waals surface area (Å²) in [5.41, 5.74) is 2.06. The zero-order chi connectivity index (χ0) is 13.1. The number of hydrogen-bond donors (Lipinski definition) is 1. The van der Waals surface area contributed by atoms with Gasteiger partial charge in [0.15, 0.2) is 0 Å². The SMILES string of the molecule is COC(=O)[C@@H](C)NC(=O)N1CCc2ccccc21. The van der Waals surface area contributed by atoms with Crippen molar-refractivity contribution in [1.29, 1.82) is 0 Å². The molecule has 2 rings (SSSR count). The molecule has 0 unspecified atom stereocenters. The number of methoxy groups -OCH3 is 1. The topological polar surface area (TPSA) is 58.6 Å². The van der Waals surface area contributed by atoms with Gasteiger partial charge in [0, 0.05) is 12.2 Å². The zero-order valence-electron chi connectivity index (χ0n) is 10.5. The van der Waals surface area contributed by atoms with E-state index >= 15 is 0 Å². The van der Waals surface area contributed by atoms with Gasteiger partial charge in [-0.05, 0) is 25.0 Å². The Bertz CT molecular complexity index is 473. The third-order valence-electron chi connectivity index (χ3n) is 3.03. The number of fused-ring (bicyclic) bond motifs is 1. The molecule has 0 saturated carbocycles. The molecule has 1 N–H and O–H groups in total. The summed E-state index contributed by atoms with van der Waals surface area (Å²) in [5.74, 6) is -0.448. The number of carbonyl (C=O) groups excluding carboxylic acids is 2. The van der Waals surface area contributed by atoms with Gasteiger partial charge in [-0.15, -0.1) is 0 Å². The first-order valence-electron chi connectivity index (χ1n) is 5.87. The third kappa shape index (κ3) is 2.30. The lowest BCUT2D eigenvalue weighted by Gasteiger charge is -2.20. The Morgan fingerprint density at radius 1 is 1.39 bits per heavy atom. The summed E-state index contributed by atoms with van der Waals surface area (Å²) in [6.07, 6.45) is 0.843. The molecule has 1 aliphatic rings. The molecule has 0 bridgehead atoms. The molecule has 96 valence electrons. The number of urea groups is 1. The van der Waals surface area contributed by atoms with E-state index in [1.807, 2.05) is 24.3 Å². The van der Waals surface area contributed by atoms with Crippen LogP contribution in [0.25, 0.3) is 0 Å². The standard InChI is InChI=1S/C13H16N2O3/c1-9(12(16)18-2)14-13(17)15-8-7-10-5-3-4-6-11(10)15/h3-6,9H,7-8H2,1-2H3,(H,14,17)/t9-/m1/s1. The second-order valence-electron chi connectivity index (χ2n) is 4.22. The maximum atomic E-state index is 12.0.